The second kappa shape index (κ2) is 10.9. The largest absolute Gasteiger partial charge is 0.493 e. The molecule has 0 saturated carbocycles. The number of methoxy groups -OCH3 is 2. The fourth-order valence-electron chi connectivity index (χ4n) is 4.00. The summed E-state index contributed by atoms with van der Waals surface area (Å²) in [6, 6.07) is 13.3. The predicted molar refractivity (Wildman–Crippen MR) is 136 cm³/mol. The van der Waals surface area contributed by atoms with Crippen LogP contribution in [0.4, 0.5) is 5.95 Å². The van der Waals surface area contributed by atoms with E-state index in [4.69, 9.17) is 19.3 Å². The highest BCUT2D eigenvalue weighted by molar-refractivity contribution is 7.99. The van der Waals surface area contributed by atoms with Crippen LogP contribution in [-0.4, -0.2) is 40.7 Å². The van der Waals surface area contributed by atoms with Crippen LogP contribution < -0.4 is 14.8 Å². The third-order valence-corrected chi connectivity index (χ3v) is 6.70. The molecular weight excluding hydrogens is 464 g/mol. The third kappa shape index (κ3) is 5.30. The molecule has 1 N–H and O–H groups in total. The van der Waals surface area contributed by atoms with Gasteiger partial charge in [0.05, 0.1) is 19.8 Å². The number of carbonyl (C=O) groups excluding carboxylic acids is 1. The topological polar surface area (TPSA) is 87.5 Å². The van der Waals surface area contributed by atoms with E-state index in [9.17, 15) is 4.79 Å². The number of hydrogen-bond acceptors (Lipinski definition) is 8. The molecule has 0 aliphatic carbocycles. The Morgan fingerprint density at radius 2 is 1.97 bits per heavy atom. The molecule has 3 aromatic rings. The fourth-order valence-corrected chi connectivity index (χ4v) is 4.69. The van der Waals surface area contributed by atoms with Gasteiger partial charge in [-0.1, -0.05) is 54.6 Å². The van der Waals surface area contributed by atoms with Crippen LogP contribution >= 0.6 is 11.8 Å². The van der Waals surface area contributed by atoms with Crippen LogP contribution in [0.25, 0.3) is 0 Å². The van der Waals surface area contributed by atoms with Crippen molar-refractivity contribution in [2.24, 2.45) is 0 Å². The van der Waals surface area contributed by atoms with Gasteiger partial charge in [-0.15, -0.1) is 5.10 Å². The fraction of sp³-hybridized carbons (Fsp3) is 0.346. The molecule has 0 saturated heterocycles. The number of nitrogens with one attached hydrogen (secondary N) is 1. The number of hydrogen-bond donors (Lipinski definition) is 1. The molecule has 35 heavy (non-hydrogen) atoms. The van der Waals surface area contributed by atoms with E-state index >= 15 is 0 Å². The van der Waals surface area contributed by atoms with Gasteiger partial charge in [0.25, 0.3) is 0 Å². The smallest absolute Gasteiger partial charge is 0.338 e. The summed E-state index contributed by atoms with van der Waals surface area (Å²) < 4.78 is 18.6. The standard InChI is InChI=1S/C26H30N4O4S/c1-6-12-35-26-28-25-27-17(3)22(24(31)33-5)23(30(25)29-26)19-10-11-20(21(14-19)32-4)34-15-18-9-7-8-16(2)13-18/h7-11,13-14,23H,6,12,15H2,1-5H3,(H,27,28,29). The Bertz CT molecular complexity index is 1250. The summed E-state index contributed by atoms with van der Waals surface area (Å²) in [7, 11) is 2.98. The maximum Gasteiger partial charge on any atom is 0.338 e. The van der Waals surface area contributed by atoms with E-state index in [2.05, 4.69) is 36.3 Å². The van der Waals surface area contributed by atoms with Gasteiger partial charge < -0.3 is 19.5 Å². The van der Waals surface area contributed by atoms with E-state index < -0.39 is 12.0 Å². The number of benzene rings is 2. The van der Waals surface area contributed by atoms with E-state index in [0.717, 1.165) is 23.3 Å². The van der Waals surface area contributed by atoms with Crippen LogP contribution in [0, 0.1) is 6.92 Å². The minimum atomic E-state index is -0.526. The maximum absolute atomic E-state index is 12.8. The molecule has 0 radical (unpaired) electrons. The van der Waals surface area contributed by atoms with Gasteiger partial charge in [-0.3, -0.25) is 0 Å². The van der Waals surface area contributed by atoms with Crippen molar-refractivity contribution in [1.82, 2.24) is 14.8 Å². The van der Waals surface area contributed by atoms with Crippen molar-refractivity contribution < 1.29 is 19.0 Å². The van der Waals surface area contributed by atoms with Crippen LogP contribution in [0.15, 0.2) is 58.9 Å². The van der Waals surface area contributed by atoms with Crippen LogP contribution in [0.2, 0.25) is 0 Å². The zero-order valence-corrected chi connectivity index (χ0v) is 21.4. The van der Waals surface area contributed by atoms with Crippen molar-refractivity contribution in [2.75, 3.05) is 25.3 Å². The molecule has 2 aromatic carbocycles. The lowest BCUT2D eigenvalue weighted by molar-refractivity contribution is -0.136. The number of rotatable bonds is 9. The molecule has 0 fully saturated rings. The highest BCUT2D eigenvalue weighted by Crippen LogP contribution is 2.40. The number of nitrogens with zero attached hydrogens (tertiary/aromatic N) is 3. The van der Waals surface area contributed by atoms with Gasteiger partial charge in [0.2, 0.25) is 11.1 Å². The average Bonchev–Trinajstić information content (AvgIpc) is 3.27. The SMILES string of the molecule is CCCSc1nc2n(n1)C(c1ccc(OCc3cccc(C)c3)c(OC)c1)C(C(=O)OC)=C(C)N2. The summed E-state index contributed by atoms with van der Waals surface area (Å²) in [5.74, 6) is 2.24. The Morgan fingerprint density at radius 1 is 1.14 bits per heavy atom. The number of aryl methyl sites for hydroxylation is 1. The van der Waals surface area contributed by atoms with Crippen LogP contribution in [-0.2, 0) is 16.1 Å². The van der Waals surface area contributed by atoms with E-state index in [1.165, 1.54) is 12.7 Å². The lowest BCUT2D eigenvalue weighted by Gasteiger charge is -2.28. The molecule has 184 valence electrons. The Morgan fingerprint density at radius 3 is 2.69 bits per heavy atom. The lowest BCUT2D eigenvalue weighted by Crippen LogP contribution is -2.29. The van der Waals surface area contributed by atoms with E-state index in [1.807, 2.05) is 37.3 Å². The van der Waals surface area contributed by atoms with Gasteiger partial charge in [0.1, 0.15) is 12.6 Å². The lowest BCUT2D eigenvalue weighted by atomic mass is 9.95. The van der Waals surface area contributed by atoms with E-state index in [1.54, 1.807) is 23.6 Å². The molecule has 1 aliphatic rings. The van der Waals surface area contributed by atoms with E-state index in [-0.39, 0.29) is 0 Å². The zero-order chi connectivity index (χ0) is 24.9. The van der Waals surface area contributed by atoms with Crippen LogP contribution in [0.1, 0.15) is 43.0 Å². The molecule has 4 rings (SSSR count). The number of aromatic nitrogens is 3. The summed E-state index contributed by atoms with van der Waals surface area (Å²) >= 11 is 1.58. The van der Waals surface area contributed by atoms with Gasteiger partial charge >= 0.3 is 5.97 Å². The van der Waals surface area contributed by atoms with E-state index in [0.29, 0.717) is 40.5 Å². The zero-order valence-electron chi connectivity index (χ0n) is 20.6. The maximum atomic E-state index is 12.8. The van der Waals surface area contributed by atoms with Crippen molar-refractivity contribution in [1.29, 1.82) is 0 Å². The highest BCUT2D eigenvalue weighted by Gasteiger charge is 2.35. The predicted octanol–water partition coefficient (Wildman–Crippen LogP) is 5.14. The number of ether oxygens (including phenoxy) is 3. The van der Waals surface area contributed by atoms with Gasteiger partial charge in [-0.2, -0.15) is 4.98 Å². The highest BCUT2D eigenvalue weighted by atomic mass is 32.2. The van der Waals surface area contributed by atoms with Crippen LogP contribution in [0.5, 0.6) is 11.5 Å². The van der Waals surface area contributed by atoms with Gasteiger partial charge in [0, 0.05) is 11.4 Å². The summed E-state index contributed by atoms with van der Waals surface area (Å²) in [5.41, 5.74) is 4.20. The molecule has 0 bridgehead atoms. The molecule has 0 amide bonds. The molecule has 8 nitrogen and oxygen atoms in total. The summed E-state index contributed by atoms with van der Waals surface area (Å²) in [6.45, 7) is 6.42. The molecule has 0 spiro atoms. The number of thioether (sulfide) groups is 1. The van der Waals surface area contributed by atoms with Crippen LogP contribution in [0.3, 0.4) is 0 Å². The Kier molecular flexibility index (Phi) is 7.65. The first-order valence-corrected chi connectivity index (χ1v) is 12.5. The van der Waals surface area contributed by atoms with Crippen molar-refractivity contribution in [3.8, 4) is 11.5 Å². The van der Waals surface area contributed by atoms with Crippen molar-refractivity contribution in [3.05, 3.63) is 70.4 Å². The minimum Gasteiger partial charge on any atom is -0.493 e. The molecule has 1 atom stereocenters. The quantitative estimate of drug-likeness (QED) is 0.323. The number of fused-ring (bicyclic) bond motifs is 1. The first kappa shape index (κ1) is 24.7. The normalized spacial score (nSPS) is 14.8. The molecule has 2 heterocycles. The number of allylic oxidation sites excluding steroid dienone is 1. The Hall–Kier alpha value is -3.46. The molecule has 1 unspecified atom stereocenters. The minimum absolute atomic E-state index is 0.419. The number of anilines is 1. The van der Waals surface area contributed by atoms with Crippen molar-refractivity contribution >= 4 is 23.7 Å². The van der Waals surface area contributed by atoms with Gasteiger partial charge in [-0.05, 0) is 43.5 Å². The summed E-state index contributed by atoms with van der Waals surface area (Å²) in [4.78, 5) is 17.4. The second-order valence-corrected chi connectivity index (χ2v) is 9.32. The summed E-state index contributed by atoms with van der Waals surface area (Å²) in [6.07, 6.45) is 1.01. The number of carbonyl (C=O) groups is 1. The molecule has 1 aromatic heterocycles. The number of esters is 1. The average molecular weight is 495 g/mol. The third-order valence-electron chi connectivity index (χ3n) is 5.65. The monoisotopic (exact) mass is 494 g/mol. The second-order valence-electron chi connectivity index (χ2n) is 8.26. The first-order chi connectivity index (χ1) is 16.9. The molecule has 9 heteroatoms. The van der Waals surface area contributed by atoms with Gasteiger partial charge in [0.15, 0.2) is 11.5 Å². The molecular formula is C26H30N4O4S. The first-order valence-electron chi connectivity index (χ1n) is 11.5. The molecule has 1 aliphatic heterocycles. The van der Waals surface area contributed by atoms with Gasteiger partial charge in [-0.25, -0.2) is 9.48 Å². The summed E-state index contributed by atoms with van der Waals surface area (Å²) in [5, 5.41) is 8.56. The Balaban J connectivity index is 1.70. The Labute approximate surface area is 209 Å². The van der Waals surface area contributed by atoms with Crippen molar-refractivity contribution in [3.63, 3.8) is 0 Å². The van der Waals surface area contributed by atoms with Crippen molar-refractivity contribution in [2.45, 2.75) is 45.0 Å².